The maximum Gasteiger partial charge on any atom is 0.410 e. The van der Waals surface area contributed by atoms with Gasteiger partial charge in [0, 0.05) is 26.2 Å². The van der Waals surface area contributed by atoms with Crippen molar-refractivity contribution in [2.24, 2.45) is 0 Å². The van der Waals surface area contributed by atoms with Gasteiger partial charge in [0.05, 0.1) is 10.6 Å². The summed E-state index contributed by atoms with van der Waals surface area (Å²) >= 11 is 1.48. The van der Waals surface area contributed by atoms with Crippen molar-refractivity contribution < 1.29 is 18.7 Å². The molecule has 10 heteroatoms. The molecule has 2 amide bonds. The van der Waals surface area contributed by atoms with Crippen LogP contribution in [0.1, 0.15) is 31.4 Å². The molecule has 168 valence electrons. The van der Waals surface area contributed by atoms with Crippen molar-refractivity contribution in [1.82, 2.24) is 24.6 Å². The minimum absolute atomic E-state index is 0.0587. The Balaban J connectivity index is 1.53. The third-order valence-corrected chi connectivity index (χ3v) is 5.70. The number of ether oxygens (including phenoxy) is 1. The summed E-state index contributed by atoms with van der Waals surface area (Å²) in [6, 6.07) is 9.65. The van der Waals surface area contributed by atoms with Gasteiger partial charge in [0.25, 0.3) is 5.91 Å². The van der Waals surface area contributed by atoms with E-state index in [4.69, 9.17) is 4.74 Å². The molecule has 0 atom stereocenters. The van der Waals surface area contributed by atoms with E-state index in [9.17, 15) is 14.0 Å². The molecule has 0 unspecified atom stereocenters. The molecule has 32 heavy (non-hydrogen) atoms. The standard InChI is InChI=1S/C22H24FN5O3S/c1-22(2,3)31-21(30)27-12-10-26(11-13-27)20(29)18-24-19(17-5-4-14-32-17)28(25-18)16-8-6-15(23)7-9-16/h4-9,14H,10-13H2,1-3H3. The average Bonchev–Trinajstić information content (AvgIpc) is 3.42. The smallest absolute Gasteiger partial charge is 0.410 e. The molecule has 1 aliphatic heterocycles. The molecule has 1 saturated heterocycles. The van der Waals surface area contributed by atoms with E-state index in [0.29, 0.717) is 37.7 Å². The fourth-order valence-electron chi connectivity index (χ4n) is 3.29. The van der Waals surface area contributed by atoms with Crippen LogP contribution in [0.5, 0.6) is 0 Å². The first-order valence-electron chi connectivity index (χ1n) is 10.3. The highest BCUT2D eigenvalue weighted by Gasteiger charge is 2.30. The summed E-state index contributed by atoms with van der Waals surface area (Å²) in [5.74, 6) is -0.0935. The second-order valence-electron chi connectivity index (χ2n) is 8.38. The zero-order valence-corrected chi connectivity index (χ0v) is 18.9. The molecule has 3 aromatic rings. The maximum atomic E-state index is 13.4. The number of carbonyl (C=O) groups excluding carboxylic acids is 2. The van der Waals surface area contributed by atoms with Gasteiger partial charge in [-0.05, 0) is 56.5 Å². The molecule has 0 N–H and O–H groups in total. The molecule has 2 aromatic heterocycles. The van der Waals surface area contributed by atoms with Gasteiger partial charge in [-0.1, -0.05) is 6.07 Å². The molecular formula is C22H24FN5O3S. The van der Waals surface area contributed by atoms with Crippen LogP contribution in [0, 0.1) is 5.82 Å². The van der Waals surface area contributed by atoms with E-state index in [1.54, 1.807) is 26.6 Å². The van der Waals surface area contributed by atoms with Gasteiger partial charge in [0.1, 0.15) is 11.4 Å². The Hall–Kier alpha value is -3.27. The minimum Gasteiger partial charge on any atom is -0.444 e. The lowest BCUT2D eigenvalue weighted by molar-refractivity contribution is 0.0139. The molecule has 4 rings (SSSR count). The van der Waals surface area contributed by atoms with E-state index in [2.05, 4.69) is 10.1 Å². The van der Waals surface area contributed by atoms with Crippen molar-refractivity contribution >= 4 is 23.3 Å². The summed E-state index contributed by atoms with van der Waals surface area (Å²) in [6.45, 7) is 6.92. The molecule has 0 saturated carbocycles. The fraction of sp³-hybridized carbons (Fsp3) is 0.364. The monoisotopic (exact) mass is 457 g/mol. The largest absolute Gasteiger partial charge is 0.444 e. The zero-order chi connectivity index (χ0) is 22.9. The summed E-state index contributed by atoms with van der Waals surface area (Å²) in [5, 5.41) is 6.35. The summed E-state index contributed by atoms with van der Waals surface area (Å²) in [6.07, 6.45) is -0.386. The van der Waals surface area contributed by atoms with Crippen LogP contribution in [-0.2, 0) is 4.74 Å². The molecule has 0 bridgehead atoms. The van der Waals surface area contributed by atoms with Crippen LogP contribution in [0.15, 0.2) is 41.8 Å². The molecule has 3 heterocycles. The fourth-order valence-corrected chi connectivity index (χ4v) is 3.99. The predicted molar refractivity (Wildman–Crippen MR) is 118 cm³/mol. The van der Waals surface area contributed by atoms with Crippen molar-refractivity contribution in [2.45, 2.75) is 26.4 Å². The SMILES string of the molecule is CC(C)(C)OC(=O)N1CCN(C(=O)c2nc(-c3cccs3)n(-c3ccc(F)cc3)n2)CC1. The normalized spacial score (nSPS) is 14.5. The van der Waals surface area contributed by atoms with Crippen molar-refractivity contribution in [3.8, 4) is 16.4 Å². The van der Waals surface area contributed by atoms with Gasteiger partial charge in [-0.25, -0.2) is 18.9 Å². The van der Waals surface area contributed by atoms with Crippen LogP contribution in [0.2, 0.25) is 0 Å². The number of carbonyl (C=O) groups is 2. The number of hydrogen-bond acceptors (Lipinski definition) is 6. The molecular weight excluding hydrogens is 433 g/mol. The number of benzene rings is 1. The van der Waals surface area contributed by atoms with E-state index in [-0.39, 0.29) is 23.6 Å². The Bertz CT molecular complexity index is 1100. The first-order valence-corrected chi connectivity index (χ1v) is 11.1. The van der Waals surface area contributed by atoms with Gasteiger partial charge < -0.3 is 14.5 Å². The van der Waals surface area contributed by atoms with E-state index in [0.717, 1.165) is 4.88 Å². The number of halogens is 1. The zero-order valence-electron chi connectivity index (χ0n) is 18.1. The first kappa shape index (κ1) is 21.9. The number of hydrogen-bond donors (Lipinski definition) is 0. The Morgan fingerprint density at radius 3 is 2.28 bits per heavy atom. The summed E-state index contributed by atoms with van der Waals surface area (Å²) in [5.41, 5.74) is 0.0374. The highest BCUT2D eigenvalue weighted by Crippen LogP contribution is 2.26. The number of nitrogens with zero attached hydrogens (tertiary/aromatic N) is 5. The van der Waals surface area contributed by atoms with Crippen LogP contribution in [-0.4, -0.2) is 68.3 Å². The number of aromatic nitrogens is 3. The minimum atomic E-state index is -0.570. The van der Waals surface area contributed by atoms with E-state index in [1.165, 1.54) is 23.5 Å². The first-order chi connectivity index (χ1) is 15.2. The molecule has 1 aromatic carbocycles. The summed E-state index contributed by atoms with van der Waals surface area (Å²) < 4.78 is 20.3. The van der Waals surface area contributed by atoms with Crippen LogP contribution >= 0.6 is 11.3 Å². The second kappa shape index (κ2) is 8.70. The quantitative estimate of drug-likeness (QED) is 0.597. The molecule has 8 nitrogen and oxygen atoms in total. The molecule has 1 aliphatic rings. The predicted octanol–water partition coefficient (Wildman–Crippen LogP) is 3.83. The number of thiophene rings is 1. The van der Waals surface area contributed by atoms with Gasteiger partial charge in [0.2, 0.25) is 5.82 Å². The van der Waals surface area contributed by atoms with Gasteiger partial charge in [-0.15, -0.1) is 16.4 Å². The lowest BCUT2D eigenvalue weighted by Gasteiger charge is -2.35. The van der Waals surface area contributed by atoms with Crippen molar-refractivity contribution in [1.29, 1.82) is 0 Å². The van der Waals surface area contributed by atoms with Crippen molar-refractivity contribution in [3.05, 3.63) is 53.4 Å². The van der Waals surface area contributed by atoms with E-state index < -0.39 is 5.60 Å². The number of piperazine rings is 1. The second-order valence-corrected chi connectivity index (χ2v) is 9.33. The van der Waals surface area contributed by atoms with Crippen molar-refractivity contribution in [2.75, 3.05) is 26.2 Å². The number of rotatable bonds is 3. The van der Waals surface area contributed by atoms with Crippen LogP contribution in [0.25, 0.3) is 16.4 Å². The molecule has 1 fully saturated rings. The molecule has 0 aliphatic carbocycles. The van der Waals surface area contributed by atoms with Gasteiger partial charge in [-0.2, -0.15) is 0 Å². The van der Waals surface area contributed by atoms with Gasteiger partial charge >= 0.3 is 6.09 Å². The van der Waals surface area contributed by atoms with Crippen LogP contribution in [0.4, 0.5) is 9.18 Å². The molecule has 0 radical (unpaired) electrons. The highest BCUT2D eigenvalue weighted by molar-refractivity contribution is 7.13. The van der Waals surface area contributed by atoms with E-state index in [1.807, 2.05) is 38.3 Å². The summed E-state index contributed by atoms with van der Waals surface area (Å²) in [4.78, 5) is 34.0. The van der Waals surface area contributed by atoms with Crippen LogP contribution < -0.4 is 0 Å². The Morgan fingerprint density at radius 2 is 1.69 bits per heavy atom. The Kier molecular flexibility index (Phi) is 5.96. The number of amides is 2. The Labute approximate surface area is 189 Å². The van der Waals surface area contributed by atoms with Gasteiger partial charge in [-0.3, -0.25) is 4.79 Å². The lowest BCUT2D eigenvalue weighted by atomic mass is 10.2. The third-order valence-electron chi connectivity index (χ3n) is 4.83. The molecule has 0 spiro atoms. The highest BCUT2D eigenvalue weighted by atomic mass is 32.1. The van der Waals surface area contributed by atoms with Crippen LogP contribution in [0.3, 0.4) is 0 Å². The third kappa shape index (κ3) is 4.80. The Morgan fingerprint density at radius 1 is 1.03 bits per heavy atom. The topological polar surface area (TPSA) is 80.6 Å². The average molecular weight is 458 g/mol. The van der Waals surface area contributed by atoms with E-state index >= 15 is 0 Å². The van der Waals surface area contributed by atoms with Crippen molar-refractivity contribution in [3.63, 3.8) is 0 Å². The van der Waals surface area contributed by atoms with Gasteiger partial charge in [0.15, 0.2) is 5.82 Å². The maximum absolute atomic E-state index is 13.4. The summed E-state index contributed by atoms with van der Waals surface area (Å²) in [7, 11) is 0. The lowest BCUT2D eigenvalue weighted by Crippen LogP contribution is -2.51.